The fraction of sp³-hybridized carbons (Fsp3) is 0.320. The number of rotatable bonds is 9. The van der Waals surface area contributed by atoms with Crippen LogP contribution in [-0.2, 0) is 19.1 Å². The van der Waals surface area contributed by atoms with Gasteiger partial charge in [-0.15, -0.1) is 0 Å². The van der Waals surface area contributed by atoms with Crippen molar-refractivity contribution < 1.29 is 28.9 Å². The van der Waals surface area contributed by atoms with E-state index in [1.165, 1.54) is 19.3 Å². The van der Waals surface area contributed by atoms with Crippen molar-refractivity contribution in [2.75, 3.05) is 13.9 Å². The fourth-order valence-corrected chi connectivity index (χ4v) is 4.48. The molecule has 7 nitrogen and oxygen atoms in total. The Labute approximate surface area is 186 Å². The van der Waals surface area contributed by atoms with Crippen molar-refractivity contribution in [2.24, 2.45) is 16.7 Å². The number of carbonyl (C=O) groups excluding carboxylic acids is 1. The van der Waals surface area contributed by atoms with Crippen molar-refractivity contribution in [1.82, 2.24) is 0 Å². The van der Waals surface area contributed by atoms with E-state index in [-0.39, 0.29) is 6.79 Å². The highest BCUT2D eigenvalue weighted by Crippen LogP contribution is 2.75. The molecule has 1 aliphatic rings. The van der Waals surface area contributed by atoms with Gasteiger partial charge in [-0.1, -0.05) is 50.3 Å². The van der Waals surface area contributed by atoms with Gasteiger partial charge >= 0.3 is 11.9 Å². The van der Waals surface area contributed by atoms with Crippen LogP contribution < -0.4 is 4.74 Å². The van der Waals surface area contributed by atoms with Crippen molar-refractivity contribution in [3.8, 4) is 17.6 Å². The number of esters is 1. The molecule has 2 aromatic rings. The van der Waals surface area contributed by atoms with E-state index in [2.05, 4.69) is 6.07 Å². The van der Waals surface area contributed by atoms with E-state index in [1.807, 2.05) is 18.2 Å². The minimum absolute atomic E-state index is 0.198. The van der Waals surface area contributed by atoms with Gasteiger partial charge in [0.15, 0.2) is 6.79 Å². The van der Waals surface area contributed by atoms with Crippen molar-refractivity contribution >= 4 is 11.9 Å². The number of allylic oxidation sites excluding steroid dienone is 1. The van der Waals surface area contributed by atoms with Gasteiger partial charge in [-0.05, 0) is 35.2 Å². The monoisotopic (exact) mass is 435 g/mol. The van der Waals surface area contributed by atoms with E-state index in [4.69, 9.17) is 14.2 Å². The van der Waals surface area contributed by atoms with Gasteiger partial charge in [0.25, 0.3) is 0 Å². The third-order valence-electron chi connectivity index (χ3n) is 6.10. The number of nitriles is 1. The van der Waals surface area contributed by atoms with Gasteiger partial charge in [-0.3, -0.25) is 4.79 Å². The summed E-state index contributed by atoms with van der Waals surface area (Å²) < 4.78 is 15.4. The first-order chi connectivity index (χ1) is 15.3. The molecule has 32 heavy (non-hydrogen) atoms. The van der Waals surface area contributed by atoms with Gasteiger partial charge in [0.05, 0.1) is 12.0 Å². The molecule has 166 valence electrons. The Morgan fingerprint density at radius 3 is 2.47 bits per heavy atom. The molecule has 0 amide bonds. The van der Waals surface area contributed by atoms with Crippen molar-refractivity contribution in [2.45, 2.75) is 19.8 Å². The number of nitrogens with zero attached hydrogens (tertiary/aromatic N) is 1. The molecular weight excluding hydrogens is 410 g/mol. The second-order valence-electron chi connectivity index (χ2n) is 8.15. The minimum atomic E-state index is -1.41. The van der Waals surface area contributed by atoms with E-state index in [9.17, 15) is 20.0 Å². The van der Waals surface area contributed by atoms with Crippen LogP contribution in [0.15, 0.2) is 66.7 Å². The molecule has 0 radical (unpaired) electrons. The number of carboxylic acid groups (broad SMARTS) is 1. The lowest BCUT2D eigenvalue weighted by atomic mass is 9.78. The summed E-state index contributed by atoms with van der Waals surface area (Å²) in [7, 11) is 1.39. The molecular formula is C25H25NO6. The highest BCUT2D eigenvalue weighted by Gasteiger charge is 2.78. The van der Waals surface area contributed by atoms with E-state index in [0.29, 0.717) is 17.1 Å². The summed E-state index contributed by atoms with van der Waals surface area (Å²) >= 11 is 0. The number of aliphatic carboxylic acids is 1. The normalized spacial score (nSPS) is 22.0. The Morgan fingerprint density at radius 2 is 1.84 bits per heavy atom. The van der Waals surface area contributed by atoms with Gasteiger partial charge in [-0.25, -0.2) is 4.79 Å². The number of hydrogen-bond acceptors (Lipinski definition) is 6. The second-order valence-corrected chi connectivity index (χ2v) is 8.15. The van der Waals surface area contributed by atoms with Gasteiger partial charge in [-0.2, -0.15) is 5.26 Å². The molecule has 2 aromatic carbocycles. The maximum absolute atomic E-state index is 12.5. The molecule has 0 aromatic heterocycles. The number of ether oxygens (including phenoxy) is 3. The van der Waals surface area contributed by atoms with Crippen LogP contribution in [-0.4, -0.2) is 30.9 Å². The lowest BCUT2D eigenvalue weighted by molar-refractivity contribution is -0.148. The van der Waals surface area contributed by atoms with Gasteiger partial charge in [0, 0.05) is 19.1 Å². The average Bonchev–Trinajstić information content (AvgIpc) is 3.27. The smallest absolute Gasteiger partial charge is 0.332 e. The van der Waals surface area contributed by atoms with Gasteiger partial charge in [0.2, 0.25) is 0 Å². The molecule has 0 saturated heterocycles. The summed E-state index contributed by atoms with van der Waals surface area (Å²) in [5.74, 6) is -2.11. The van der Waals surface area contributed by atoms with Crippen LogP contribution in [0.3, 0.4) is 0 Å². The first kappa shape index (κ1) is 23.0. The Hall–Kier alpha value is -3.63. The first-order valence-electron chi connectivity index (χ1n) is 10.1. The lowest BCUT2D eigenvalue weighted by Crippen LogP contribution is -2.28. The standard InChI is InChI=1S/C25H25NO6/c1-24(2)21(12-13-22(27)31-16-30-3)25(24,23(28)29)20(15-26)17-8-7-11-19(14-17)32-18-9-5-4-6-10-18/h4-14,20-21H,16H2,1-3H3,(H,28,29)/t20?,21-,25+/m0/s1. The Bertz CT molecular complexity index is 1060. The zero-order valence-corrected chi connectivity index (χ0v) is 18.1. The second kappa shape index (κ2) is 9.25. The third-order valence-corrected chi connectivity index (χ3v) is 6.10. The summed E-state index contributed by atoms with van der Waals surface area (Å²) in [5.41, 5.74) is -1.65. The topological polar surface area (TPSA) is 106 Å². The molecule has 1 fully saturated rings. The summed E-state index contributed by atoms with van der Waals surface area (Å²) in [6, 6.07) is 18.3. The Balaban J connectivity index is 1.92. The predicted octanol–water partition coefficient (Wildman–Crippen LogP) is 4.52. The first-order valence-corrected chi connectivity index (χ1v) is 10.1. The molecule has 0 spiro atoms. The molecule has 0 bridgehead atoms. The number of methoxy groups -OCH3 is 1. The zero-order valence-electron chi connectivity index (χ0n) is 18.1. The minimum Gasteiger partial charge on any atom is -0.481 e. The zero-order chi connectivity index (χ0) is 23.4. The van der Waals surface area contributed by atoms with E-state index in [0.717, 1.165) is 0 Å². The van der Waals surface area contributed by atoms with Crippen LogP contribution in [0.25, 0.3) is 0 Å². The maximum atomic E-state index is 12.5. The van der Waals surface area contributed by atoms with E-state index >= 15 is 0 Å². The lowest BCUT2D eigenvalue weighted by Gasteiger charge is -2.22. The largest absolute Gasteiger partial charge is 0.481 e. The predicted molar refractivity (Wildman–Crippen MR) is 116 cm³/mol. The summed E-state index contributed by atoms with van der Waals surface area (Å²) in [6.07, 6.45) is 2.71. The molecule has 3 rings (SSSR count). The molecule has 3 atom stereocenters. The molecule has 1 N–H and O–H groups in total. The number of carboxylic acids is 1. The average molecular weight is 435 g/mol. The summed E-state index contributed by atoms with van der Waals surface area (Å²) in [5, 5.41) is 20.3. The van der Waals surface area contributed by atoms with Crippen LogP contribution in [0.2, 0.25) is 0 Å². The molecule has 0 heterocycles. The van der Waals surface area contributed by atoms with E-state index < -0.39 is 34.6 Å². The molecule has 1 aliphatic carbocycles. The quantitative estimate of drug-likeness (QED) is 0.351. The molecule has 1 unspecified atom stereocenters. The van der Waals surface area contributed by atoms with Gasteiger partial charge in [0.1, 0.15) is 16.9 Å². The number of hydrogen-bond donors (Lipinski definition) is 1. The SMILES string of the molecule is COCOC(=O)C=C[C@H]1C(C)(C)[C@]1(C(=O)O)C(C#N)c1cccc(Oc2ccccc2)c1. The molecule has 7 heteroatoms. The summed E-state index contributed by atoms with van der Waals surface area (Å²) in [4.78, 5) is 24.4. The van der Waals surface area contributed by atoms with E-state index in [1.54, 1.807) is 50.2 Å². The molecule has 0 aliphatic heterocycles. The van der Waals surface area contributed by atoms with Crippen LogP contribution in [0.1, 0.15) is 25.3 Å². The maximum Gasteiger partial charge on any atom is 0.332 e. The summed E-state index contributed by atoms with van der Waals surface area (Å²) in [6.45, 7) is 3.37. The third kappa shape index (κ3) is 4.10. The van der Waals surface area contributed by atoms with Crippen molar-refractivity contribution in [1.29, 1.82) is 5.26 Å². The highest BCUT2D eigenvalue weighted by atomic mass is 16.7. The molecule has 1 saturated carbocycles. The number of para-hydroxylation sites is 1. The van der Waals surface area contributed by atoms with Crippen molar-refractivity contribution in [3.05, 3.63) is 72.3 Å². The van der Waals surface area contributed by atoms with Crippen LogP contribution in [0.5, 0.6) is 11.5 Å². The van der Waals surface area contributed by atoms with Gasteiger partial charge < -0.3 is 19.3 Å². The van der Waals surface area contributed by atoms with Crippen LogP contribution in [0, 0.1) is 28.1 Å². The Morgan fingerprint density at radius 1 is 1.16 bits per heavy atom. The Kier molecular flexibility index (Phi) is 6.66. The van der Waals surface area contributed by atoms with Crippen molar-refractivity contribution in [3.63, 3.8) is 0 Å². The number of benzene rings is 2. The van der Waals surface area contributed by atoms with Crippen LogP contribution in [0.4, 0.5) is 0 Å². The highest BCUT2D eigenvalue weighted by molar-refractivity contribution is 5.86. The fourth-order valence-electron chi connectivity index (χ4n) is 4.48. The number of carbonyl (C=O) groups is 2. The van der Waals surface area contributed by atoms with Crippen LogP contribution >= 0.6 is 0 Å².